The van der Waals surface area contributed by atoms with E-state index in [1.54, 1.807) is 6.20 Å². The van der Waals surface area contributed by atoms with Crippen molar-refractivity contribution in [2.24, 2.45) is 0 Å². The van der Waals surface area contributed by atoms with E-state index in [0.29, 0.717) is 12.4 Å². The highest BCUT2D eigenvalue weighted by molar-refractivity contribution is 7.11. The molecule has 0 aliphatic rings. The van der Waals surface area contributed by atoms with E-state index in [1.807, 2.05) is 6.92 Å². The molecule has 2 heterocycles. The van der Waals surface area contributed by atoms with Gasteiger partial charge < -0.3 is 10.1 Å². The Balaban J connectivity index is 2.19. The summed E-state index contributed by atoms with van der Waals surface area (Å²) in [7, 11) is 1.46. The summed E-state index contributed by atoms with van der Waals surface area (Å²) in [6, 6.07) is 2.83. The summed E-state index contributed by atoms with van der Waals surface area (Å²) >= 11 is 1.53. The van der Waals surface area contributed by atoms with E-state index in [2.05, 4.69) is 15.3 Å². The largest absolute Gasteiger partial charge is 0.481 e. The van der Waals surface area contributed by atoms with Crippen LogP contribution < -0.4 is 10.1 Å². The lowest BCUT2D eigenvalue weighted by atomic mass is 10.3. The summed E-state index contributed by atoms with van der Waals surface area (Å²) in [5.74, 6) is 0.518. The fraction of sp³-hybridized carbons (Fsp3) is 0.273. The normalized spacial score (nSPS) is 10.2. The first-order chi connectivity index (χ1) is 9.10. The Bertz CT molecular complexity index is 599. The van der Waals surface area contributed by atoms with Gasteiger partial charge in [-0.2, -0.15) is 4.98 Å². The molecule has 0 spiro atoms. The number of methoxy groups -OCH3 is 1. The lowest BCUT2D eigenvalue weighted by molar-refractivity contribution is -0.384. The number of nitrogens with one attached hydrogen (secondary N) is 1. The summed E-state index contributed by atoms with van der Waals surface area (Å²) in [5.41, 5.74) is -0.0814. The van der Waals surface area contributed by atoms with Gasteiger partial charge in [0.1, 0.15) is 0 Å². The molecule has 1 N–H and O–H groups in total. The zero-order valence-corrected chi connectivity index (χ0v) is 11.2. The number of pyridine rings is 1. The SMILES string of the molecule is COc1ccc([N+](=O)[O-])c(NCc2cnc(C)s2)n1. The molecule has 0 saturated heterocycles. The Kier molecular flexibility index (Phi) is 3.91. The highest BCUT2D eigenvalue weighted by Crippen LogP contribution is 2.25. The molecule has 0 aliphatic heterocycles. The van der Waals surface area contributed by atoms with Gasteiger partial charge in [0.05, 0.1) is 23.6 Å². The molecule has 19 heavy (non-hydrogen) atoms. The van der Waals surface area contributed by atoms with Crippen LogP contribution in [0.3, 0.4) is 0 Å². The molecule has 0 unspecified atom stereocenters. The third kappa shape index (κ3) is 3.16. The van der Waals surface area contributed by atoms with Gasteiger partial charge in [-0.1, -0.05) is 0 Å². The fourth-order valence-electron chi connectivity index (χ4n) is 1.48. The standard InChI is InChI=1S/C11H12N4O3S/c1-7-12-5-8(19-7)6-13-11-9(15(16)17)3-4-10(14-11)18-2/h3-5H,6H2,1-2H3,(H,13,14). The number of ether oxygens (including phenoxy) is 1. The second-order valence-corrected chi connectivity index (χ2v) is 5.00. The van der Waals surface area contributed by atoms with E-state index in [0.717, 1.165) is 9.88 Å². The number of nitro groups is 1. The minimum atomic E-state index is -0.479. The first kappa shape index (κ1) is 13.2. The molecule has 2 rings (SSSR count). The molecule has 0 saturated carbocycles. The number of hydrogen-bond acceptors (Lipinski definition) is 7. The van der Waals surface area contributed by atoms with Crippen LogP contribution in [-0.4, -0.2) is 22.0 Å². The molecular weight excluding hydrogens is 268 g/mol. The molecule has 8 heteroatoms. The van der Waals surface area contributed by atoms with Crippen molar-refractivity contribution >= 4 is 22.8 Å². The number of anilines is 1. The first-order valence-electron chi connectivity index (χ1n) is 5.44. The number of aromatic nitrogens is 2. The summed E-state index contributed by atoms with van der Waals surface area (Å²) < 4.78 is 4.96. The molecule has 0 atom stereocenters. The van der Waals surface area contributed by atoms with Gasteiger partial charge in [0.15, 0.2) is 0 Å². The molecule has 0 aromatic carbocycles. The van der Waals surface area contributed by atoms with Crippen molar-refractivity contribution in [2.75, 3.05) is 12.4 Å². The van der Waals surface area contributed by atoms with E-state index >= 15 is 0 Å². The van der Waals surface area contributed by atoms with Crippen LogP contribution in [0.15, 0.2) is 18.3 Å². The molecule has 2 aromatic rings. The molecule has 0 radical (unpaired) electrons. The van der Waals surface area contributed by atoms with Crippen molar-refractivity contribution in [1.29, 1.82) is 0 Å². The summed E-state index contributed by atoms with van der Waals surface area (Å²) in [6.07, 6.45) is 1.74. The van der Waals surface area contributed by atoms with Crippen molar-refractivity contribution in [3.63, 3.8) is 0 Å². The number of nitrogens with zero attached hydrogens (tertiary/aromatic N) is 3. The van der Waals surface area contributed by atoms with E-state index < -0.39 is 4.92 Å². The lowest BCUT2D eigenvalue weighted by Crippen LogP contribution is -2.04. The average Bonchev–Trinajstić information content (AvgIpc) is 2.81. The van der Waals surface area contributed by atoms with E-state index in [1.165, 1.54) is 30.6 Å². The Morgan fingerprint density at radius 1 is 1.53 bits per heavy atom. The van der Waals surface area contributed by atoms with Gasteiger partial charge in [0, 0.05) is 23.2 Å². The first-order valence-corrected chi connectivity index (χ1v) is 6.26. The molecule has 0 aliphatic carbocycles. The minimum absolute atomic E-state index is 0.0814. The zero-order valence-electron chi connectivity index (χ0n) is 10.4. The van der Waals surface area contributed by atoms with Gasteiger partial charge in [-0.25, -0.2) is 4.98 Å². The van der Waals surface area contributed by atoms with Gasteiger partial charge in [-0.05, 0) is 6.92 Å². The van der Waals surface area contributed by atoms with Gasteiger partial charge >= 0.3 is 5.69 Å². The Labute approximate surface area is 113 Å². The van der Waals surface area contributed by atoms with Gasteiger partial charge in [0.2, 0.25) is 11.7 Å². The summed E-state index contributed by atoms with van der Waals surface area (Å²) in [6.45, 7) is 2.34. The van der Waals surface area contributed by atoms with E-state index in [-0.39, 0.29) is 11.5 Å². The highest BCUT2D eigenvalue weighted by Gasteiger charge is 2.16. The third-order valence-electron chi connectivity index (χ3n) is 2.35. The topological polar surface area (TPSA) is 90.2 Å². The Hall–Kier alpha value is -2.22. The van der Waals surface area contributed by atoms with Crippen LogP contribution in [0.5, 0.6) is 5.88 Å². The van der Waals surface area contributed by atoms with Crippen LogP contribution in [0.4, 0.5) is 11.5 Å². The summed E-state index contributed by atoms with van der Waals surface area (Å²) in [5, 5.41) is 14.8. The number of rotatable bonds is 5. The van der Waals surface area contributed by atoms with Crippen LogP contribution in [0.1, 0.15) is 9.88 Å². The maximum absolute atomic E-state index is 10.9. The maximum Gasteiger partial charge on any atom is 0.311 e. The van der Waals surface area contributed by atoms with Crippen LogP contribution in [0.2, 0.25) is 0 Å². The van der Waals surface area contributed by atoms with Crippen LogP contribution in [-0.2, 0) is 6.54 Å². The van der Waals surface area contributed by atoms with Crippen LogP contribution in [0, 0.1) is 17.0 Å². The number of aryl methyl sites for hydroxylation is 1. The third-order valence-corrected chi connectivity index (χ3v) is 3.27. The second-order valence-electron chi connectivity index (χ2n) is 3.68. The minimum Gasteiger partial charge on any atom is -0.481 e. The van der Waals surface area contributed by atoms with Crippen molar-refractivity contribution < 1.29 is 9.66 Å². The molecular formula is C11H12N4O3S. The van der Waals surface area contributed by atoms with Gasteiger partial charge in [0.25, 0.3) is 0 Å². The van der Waals surface area contributed by atoms with Crippen LogP contribution in [0.25, 0.3) is 0 Å². The van der Waals surface area contributed by atoms with Crippen molar-refractivity contribution in [3.05, 3.63) is 38.3 Å². The average molecular weight is 280 g/mol. The molecule has 7 nitrogen and oxygen atoms in total. The molecule has 0 amide bonds. The van der Waals surface area contributed by atoms with E-state index in [9.17, 15) is 10.1 Å². The lowest BCUT2D eigenvalue weighted by Gasteiger charge is -2.06. The number of hydrogen-bond donors (Lipinski definition) is 1. The van der Waals surface area contributed by atoms with Crippen molar-refractivity contribution in [1.82, 2.24) is 9.97 Å². The Morgan fingerprint density at radius 3 is 2.89 bits per heavy atom. The molecule has 100 valence electrons. The molecule has 0 fully saturated rings. The zero-order chi connectivity index (χ0) is 13.8. The van der Waals surface area contributed by atoms with Gasteiger partial charge in [-0.3, -0.25) is 10.1 Å². The molecule has 2 aromatic heterocycles. The smallest absolute Gasteiger partial charge is 0.311 e. The quantitative estimate of drug-likeness (QED) is 0.668. The predicted molar refractivity (Wildman–Crippen MR) is 71.6 cm³/mol. The second kappa shape index (κ2) is 5.61. The highest BCUT2D eigenvalue weighted by atomic mass is 32.1. The maximum atomic E-state index is 10.9. The Morgan fingerprint density at radius 2 is 2.32 bits per heavy atom. The van der Waals surface area contributed by atoms with E-state index in [4.69, 9.17) is 4.74 Å². The number of thiazole rings is 1. The molecule has 0 bridgehead atoms. The predicted octanol–water partition coefficient (Wildman–Crippen LogP) is 2.38. The van der Waals surface area contributed by atoms with Gasteiger partial charge in [-0.15, -0.1) is 11.3 Å². The summed E-state index contributed by atoms with van der Waals surface area (Å²) in [4.78, 5) is 19.6. The van der Waals surface area contributed by atoms with Crippen LogP contribution >= 0.6 is 11.3 Å². The fourth-order valence-corrected chi connectivity index (χ4v) is 2.22. The van der Waals surface area contributed by atoms with Crippen molar-refractivity contribution in [3.8, 4) is 5.88 Å². The van der Waals surface area contributed by atoms with Crippen molar-refractivity contribution in [2.45, 2.75) is 13.5 Å². The monoisotopic (exact) mass is 280 g/mol.